The summed E-state index contributed by atoms with van der Waals surface area (Å²) in [5, 5.41) is 9.69. The van der Waals surface area contributed by atoms with Gasteiger partial charge in [-0.25, -0.2) is 4.79 Å². The highest BCUT2D eigenvalue weighted by Gasteiger charge is 2.32. The van der Waals surface area contributed by atoms with Gasteiger partial charge in [0.15, 0.2) is 5.96 Å². The fourth-order valence-electron chi connectivity index (χ4n) is 2.92. The van der Waals surface area contributed by atoms with E-state index in [0.717, 1.165) is 18.8 Å². The fourth-order valence-corrected chi connectivity index (χ4v) is 2.92. The van der Waals surface area contributed by atoms with Crippen molar-refractivity contribution in [2.45, 2.75) is 45.7 Å². The molecule has 1 aliphatic carbocycles. The summed E-state index contributed by atoms with van der Waals surface area (Å²) >= 11 is 0. The quantitative estimate of drug-likeness (QED) is 0.322. The largest absolute Gasteiger partial charge is 0.450 e. The molecule has 0 aromatic heterocycles. The zero-order chi connectivity index (χ0) is 18.2. The van der Waals surface area contributed by atoms with Gasteiger partial charge in [0.1, 0.15) is 0 Å². The summed E-state index contributed by atoms with van der Waals surface area (Å²) < 4.78 is 5.00. The van der Waals surface area contributed by atoms with Crippen LogP contribution in [0.2, 0.25) is 0 Å². The van der Waals surface area contributed by atoms with Gasteiger partial charge >= 0.3 is 6.09 Å². The maximum Gasteiger partial charge on any atom is 0.407 e. The molecule has 1 aromatic rings. The molecule has 2 rings (SSSR count). The lowest BCUT2D eigenvalue weighted by Crippen LogP contribution is -2.48. The van der Waals surface area contributed by atoms with Crippen molar-refractivity contribution < 1.29 is 9.53 Å². The van der Waals surface area contributed by atoms with E-state index in [1.165, 1.54) is 11.1 Å². The first-order valence-corrected chi connectivity index (χ1v) is 9.01. The molecular formula is C19H31IN4O2. The van der Waals surface area contributed by atoms with Crippen LogP contribution in [0.4, 0.5) is 4.79 Å². The zero-order valence-electron chi connectivity index (χ0n) is 16.0. The molecular weight excluding hydrogens is 443 g/mol. The maximum absolute atomic E-state index is 11.7. The van der Waals surface area contributed by atoms with Crippen LogP contribution in [0.25, 0.3) is 0 Å². The lowest BCUT2D eigenvalue weighted by molar-refractivity contribution is 0.146. The molecule has 146 valence electrons. The second-order valence-electron chi connectivity index (χ2n) is 6.48. The lowest BCUT2D eigenvalue weighted by Gasteiger charge is -2.23. The van der Waals surface area contributed by atoms with Crippen LogP contribution in [0.5, 0.6) is 0 Å². The fraction of sp³-hybridized carbons (Fsp3) is 0.579. The van der Waals surface area contributed by atoms with Crippen molar-refractivity contribution in [3.8, 4) is 0 Å². The summed E-state index contributed by atoms with van der Waals surface area (Å²) in [4.78, 5) is 16.0. The van der Waals surface area contributed by atoms with Crippen LogP contribution < -0.4 is 16.0 Å². The molecule has 1 aliphatic rings. The van der Waals surface area contributed by atoms with E-state index in [9.17, 15) is 4.79 Å². The van der Waals surface area contributed by atoms with E-state index >= 15 is 0 Å². The third kappa shape index (κ3) is 7.01. The summed E-state index contributed by atoms with van der Waals surface area (Å²) in [5.74, 6) is 1.25. The first-order chi connectivity index (χ1) is 12.0. The van der Waals surface area contributed by atoms with Crippen molar-refractivity contribution in [1.29, 1.82) is 0 Å². The number of nitrogens with one attached hydrogen (secondary N) is 3. The molecule has 2 unspecified atom stereocenters. The van der Waals surface area contributed by atoms with Gasteiger partial charge in [-0.3, -0.25) is 4.99 Å². The molecule has 1 saturated carbocycles. The van der Waals surface area contributed by atoms with Crippen molar-refractivity contribution in [3.05, 3.63) is 35.4 Å². The summed E-state index contributed by atoms with van der Waals surface area (Å²) in [7, 11) is 1.75. The molecule has 1 fully saturated rings. The van der Waals surface area contributed by atoms with Crippen LogP contribution in [-0.2, 0) is 4.74 Å². The molecule has 0 heterocycles. The predicted molar refractivity (Wildman–Crippen MR) is 116 cm³/mol. The highest BCUT2D eigenvalue weighted by molar-refractivity contribution is 14.0. The van der Waals surface area contributed by atoms with Crippen LogP contribution in [0.15, 0.2) is 29.3 Å². The maximum atomic E-state index is 11.7. The average molecular weight is 474 g/mol. The molecule has 0 radical (unpaired) electrons. The first-order valence-electron chi connectivity index (χ1n) is 9.01. The van der Waals surface area contributed by atoms with Crippen molar-refractivity contribution in [2.24, 2.45) is 10.9 Å². The Morgan fingerprint density at radius 2 is 2.00 bits per heavy atom. The third-order valence-electron chi connectivity index (χ3n) is 4.49. The van der Waals surface area contributed by atoms with Gasteiger partial charge in [0.05, 0.1) is 18.7 Å². The van der Waals surface area contributed by atoms with Crippen LogP contribution >= 0.6 is 24.0 Å². The number of benzene rings is 1. The summed E-state index contributed by atoms with van der Waals surface area (Å²) in [5.41, 5.74) is 2.49. The summed E-state index contributed by atoms with van der Waals surface area (Å²) in [6, 6.07) is 8.52. The van der Waals surface area contributed by atoms with E-state index in [4.69, 9.17) is 4.74 Å². The minimum Gasteiger partial charge on any atom is -0.450 e. The Kier molecular flexibility index (Phi) is 9.75. The second kappa shape index (κ2) is 11.3. The van der Waals surface area contributed by atoms with Gasteiger partial charge in [-0.05, 0) is 50.7 Å². The van der Waals surface area contributed by atoms with Gasteiger partial charge in [-0.2, -0.15) is 0 Å². The van der Waals surface area contributed by atoms with Gasteiger partial charge in [-0.15, -0.1) is 24.0 Å². The Morgan fingerprint density at radius 3 is 2.58 bits per heavy atom. The average Bonchev–Trinajstić information content (AvgIpc) is 3.42. The van der Waals surface area contributed by atoms with Crippen molar-refractivity contribution in [1.82, 2.24) is 16.0 Å². The predicted octanol–water partition coefficient (Wildman–Crippen LogP) is 3.36. The smallest absolute Gasteiger partial charge is 0.407 e. The molecule has 1 aromatic carbocycles. The normalized spacial score (nSPS) is 16.1. The Morgan fingerprint density at radius 1 is 1.31 bits per heavy atom. The van der Waals surface area contributed by atoms with Crippen LogP contribution in [-0.4, -0.2) is 38.3 Å². The van der Waals surface area contributed by atoms with E-state index in [1.807, 2.05) is 19.1 Å². The lowest BCUT2D eigenvalue weighted by atomic mass is 10.0. The third-order valence-corrected chi connectivity index (χ3v) is 4.49. The number of aliphatic imine (C=N–C) groups is 1. The van der Waals surface area contributed by atoms with Gasteiger partial charge < -0.3 is 20.7 Å². The molecule has 2 atom stereocenters. The number of amides is 1. The zero-order valence-corrected chi connectivity index (χ0v) is 18.4. The Hall–Kier alpha value is -1.51. The standard InChI is InChI=1S/C19H30N4O2.HI/c1-5-25-19(24)23-17(15-10-11-15)12-21-18(20-4)22-14(3)16-9-7-6-8-13(16)2;/h6-9,14-15,17H,5,10-12H2,1-4H3,(H,23,24)(H2,20,21,22);1H. The molecule has 0 saturated heterocycles. The number of carbonyl (C=O) groups is 1. The van der Waals surface area contributed by atoms with Crippen LogP contribution in [0.3, 0.4) is 0 Å². The van der Waals surface area contributed by atoms with E-state index in [-0.39, 0.29) is 42.2 Å². The molecule has 7 heteroatoms. The monoisotopic (exact) mass is 474 g/mol. The van der Waals surface area contributed by atoms with E-state index in [0.29, 0.717) is 19.1 Å². The van der Waals surface area contributed by atoms with Gasteiger partial charge in [-0.1, -0.05) is 24.3 Å². The number of halogens is 1. The number of rotatable bonds is 7. The second-order valence-corrected chi connectivity index (χ2v) is 6.48. The number of aryl methyl sites for hydroxylation is 1. The van der Waals surface area contributed by atoms with E-state index < -0.39 is 0 Å². The van der Waals surface area contributed by atoms with Crippen LogP contribution in [0.1, 0.15) is 43.9 Å². The molecule has 0 spiro atoms. The van der Waals surface area contributed by atoms with Crippen molar-refractivity contribution >= 4 is 36.0 Å². The molecule has 26 heavy (non-hydrogen) atoms. The van der Waals surface area contributed by atoms with E-state index in [1.54, 1.807) is 7.05 Å². The number of hydrogen-bond donors (Lipinski definition) is 3. The van der Waals surface area contributed by atoms with Crippen molar-refractivity contribution in [3.63, 3.8) is 0 Å². The SMILES string of the molecule is CCOC(=O)NC(CNC(=NC)NC(C)c1ccccc1C)C1CC1.I. The molecule has 0 bridgehead atoms. The molecule has 0 aliphatic heterocycles. The number of guanidine groups is 1. The van der Waals surface area contributed by atoms with Crippen molar-refractivity contribution in [2.75, 3.05) is 20.2 Å². The van der Waals surface area contributed by atoms with Gasteiger partial charge in [0, 0.05) is 13.6 Å². The number of alkyl carbamates (subject to hydrolysis) is 1. The van der Waals surface area contributed by atoms with Crippen LogP contribution in [0, 0.1) is 12.8 Å². The highest BCUT2D eigenvalue weighted by atomic mass is 127. The molecule has 3 N–H and O–H groups in total. The number of hydrogen-bond acceptors (Lipinski definition) is 3. The number of ether oxygens (including phenoxy) is 1. The highest BCUT2D eigenvalue weighted by Crippen LogP contribution is 2.32. The summed E-state index contributed by atoms with van der Waals surface area (Å²) in [6.45, 7) is 7.04. The Bertz CT molecular complexity index is 605. The minimum atomic E-state index is -0.350. The molecule has 6 nitrogen and oxygen atoms in total. The Labute approximate surface area is 173 Å². The Balaban J connectivity index is 0.00000338. The molecule has 1 amide bonds. The van der Waals surface area contributed by atoms with Gasteiger partial charge in [0.2, 0.25) is 0 Å². The number of nitrogens with zero attached hydrogens (tertiary/aromatic N) is 1. The number of carbonyl (C=O) groups excluding carboxylic acids is 1. The minimum absolute atomic E-state index is 0. The van der Waals surface area contributed by atoms with E-state index in [2.05, 4.69) is 46.9 Å². The first kappa shape index (κ1) is 22.5. The van der Waals surface area contributed by atoms with Gasteiger partial charge in [0.25, 0.3) is 0 Å². The summed E-state index contributed by atoms with van der Waals surface area (Å²) in [6.07, 6.45) is 1.94. The topological polar surface area (TPSA) is 74.8 Å².